The lowest BCUT2D eigenvalue weighted by molar-refractivity contribution is 0.0495. The fourth-order valence-electron chi connectivity index (χ4n) is 3.65. The molecular weight excluding hydrogens is 324 g/mol. The monoisotopic (exact) mass is 352 g/mol. The number of likely N-dealkylation sites (tertiary alicyclic amines) is 1. The molecule has 0 atom stereocenters. The van der Waals surface area contributed by atoms with Gasteiger partial charge in [-0.05, 0) is 12.8 Å². The number of carbonyl (C=O) groups is 1. The Morgan fingerprint density at radius 2 is 1.92 bits per heavy atom. The van der Waals surface area contributed by atoms with Gasteiger partial charge in [-0.1, -0.05) is 5.16 Å². The molecule has 0 radical (unpaired) electrons. The maximum atomic E-state index is 11.5. The molecule has 3 heterocycles. The first kappa shape index (κ1) is 18.2. The number of hydrogen-bond donors (Lipinski definition) is 2. The summed E-state index contributed by atoms with van der Waals surface area (Å²) in [6.07, 6.45) is 2.27. The summed E-state index contributed by atoms with van der Waals surface area (Å²) in [4.78, 5) is 22.8. The van der Waals surface area contributed by atoms with E-state index in [0.717, 1.165) is 58.7 Å². The summed E-state index contributed by atoms with van der Waals surface area (Å²) in [6, 6.07) is 0.636. The van der Waals surface area contributed by atoms with Crippen LogP contribution in [0.4, 0.5) is 0 Å². The normalized spacial score (nSPS) is 21.5. The van der Waals surface area contributed by atoms with Crippen LogP contribution in [0.5, 0.6) is 0 Å². The van der Waals surface area contributed by atoms with Crippen molar-refractivity contribution in [3.05, 3.63) is 11.7 Å². The summed E-state index contributed by atoms with van der Waals surface area (Å²) in [5.41, 5.74) is 0. The van der Waals surface area contributed by atoms with Crippen LogP contribution in [-0.4, -0.2) is 101 Å². The SMILES string of the molecule is CNC(=O)c1noc(CN2CCC(N3CCN(CCO)CC3)CC2)n1. The standard InChI is InChI=1S/C16H28N6O3/c1-17-16(24)15-18-14(25-19-15)12-21-4-2-13(3-5-21)22-8-6-20(7-9-22)10-11-23/h13,23H,2-12H2,1H3,(H,17,24). The van der Waals surface area contributed by atoms with E-state index in [0.29, 0.717) is 18.5 Å². The molecule has 2 saturated heterocycles. The smallest absolute Gasteiger partial charge is 0.292 e. The van der Waals surface area contributed by atoms with Crippen LogP contribution >= 0.6 is 0 Å². The molecule has 0 unspecified atom stereocenters. The predicted octanol–water partition coefficient (Wildman–Crippen LogP) is -0.996. The number of piperidine rings is 1. The molecule has 3 rings (SSSR count). The zero-order valence-corrected chi connectivity index (χ0v) is 14.9. The number of nitrogens with one attached hydrogen (secondary N) is 1. The van der Waals surface area contributed by atoms with Crippen LogP contribution in [0.25, 0.3) is 0 Å². The van der Waals surface area contributed by atoms with Gasteiger partial charge < -0.3 is 14.9 Å². The number of rotatable bonds is 6. The van der Waals surface area contributed by atoms with E-state index in [-0.39, 0.29) is 18.3 Å². The van der Waals surface area contributed by atoms with Gasteiger partial charge in [-0.3, -0.25) is 19.5 Å². The minimum absolute atomic E-state index is 0.0909. The molecule has 0 aromatic carbocycles. The molecule has 1 amide bonds. The van der Waals surface area contributed by atoms with Gasteiger partial charge in [-0.25, -0.2) is 0 Å². The molecule has 0 aliphatic carbocycles. The Hall–Kier alpha value is -1.55. The number of hydrogen-bond acceptors (Lipinski definition) is 8. The lowest BCUT2D eigenvalue weighted by atomic mass is 10.0. The maximum Gasteiger partial charge on any atom is 0.292 e. The van der Waals surface area contributed by atoms with Gasteiger partial charge in [-0.2, -0.15) is 4.98 Å². The van der Waals surface area contributed by atoms with Gasteiger partial charge in [0.25, 0.3) is 11.7 Å². The van der Waals surface area contributed by atoms with E-state index in [1.54, 1.807) is 7.05 Å². The number of carbonyl (C=O) groups excluding carboxylic acids is 1. The lowest BCUT2D eigenvalue weighted by Crippen LogP contribution is -2.53. The molecule has 25 heavy (non-hydrogen) atoms. The third-order valence-corrected chi connectivity index (χ3v) is 5.15. The highest BCUT2D eigenvalue weighted by Gasteiger charge is 2.28. The molecule has 2 N–H and O–H groups in total. The van der Waals surface area contributed by atoms with Gasteiger partial charge >= 0.3 is 0 Å². The summed E-state index contributed by atoms with van der Waals surface area (Å²) in [5.74, 6) is 0.261. The van der Waals surface area contributed by atoms with Crippen LogP contribution in [0.1, 0.15) is 29.4 Å². The number of aliphatic hydroxyl groups excluding tert-OH is 1. The van der Waals surface area contributed by atoms with Crippen molar-refractivity contribution in [1.29, 1.82) is 0 Å². The van der Waals surface area contributed by atoms with Crippen LogP contribution in [0.15, 0.2) is 4.52 Å². The number of β-amino-alcohol motifs (C(OH)–C–C–N with tert-alkyl or cyclic N) is 1. The molecular formula is C16H28N6O3. The summed E-state index contributed by atoms with van der Waals surface area (Å²) in [7, 11) is 1.55. The Balaban J connectivity index is 1.41. The third kappa shape index (κ3) is 4.75. The molecule has 2 aliphatic rings. The fourth-order valence-corrected chi connectivity index (χ4v) is 3.65. The number of piperazine rings is 1. The summed E-state index contributed by atoms with van der Waals surface area (Å²) < 4.78 is 5.17. The average molecular weight is 352 g/mol. The zero-order chi connectivity index (χ0) is 17.6. The van der Waals surface area contributed by atoms with Crippen LogP contribution in [0.2, 0.25) is 0 Å². The fraction of sp³-hybridized carbons (Fsp3) is 0.812. The minimum Gasteiger partial charge on any atom is -0.395 e. The van der Waals surface area contributed by atoms with Gasteiger partial charge in [0, 0.05) is 58.9 Å². The van der Waals surface area contributed by atoms with Crippen LogP contribution < -0.4 is 5.32 Å². The molecule has 9 heteroatoms. The van der Waals surface area contributed by atoms with Crippen LogP contribution in [0, 0.1) is 0 Å². The van der Waals surface area contributed by atoms with E-state index in [1.165, 1.54) is 0 Å². The average Bonchev–Trinajstić information content (AvgIpc) is 3.11. The van der Waals surface area contributed by atoms with Gasteiger partial charge in [-0.15, -0.1) is 0 Å². The summed E-state index contributed by atoms with van der Waals surface area (Å²) in [6.45, 7) is 7.90. The summed E-state index contributed by atoms with van der Waals surface area (Å²) >= 11 is 0. The first-order valence-electron chi connectivity index (χ1n) is 9.04. The van der Waals surface area contributed by atoms with Crippen molar-refractivity contribution >= 4 is 5.91 Å². The number of aromatic nitrogens is 2. The van der Waals surface area contributed by atoms with Gasteiger partial charge in [0.15, 0.2) is 0 Å². The first-order chi connectivity index (χ1) is 12.2. The third-order valence-electron chi connectivity index (χ3n) is 5.15. The van der Waals surface area contributed by atoms with E-state index in [1.807, 2.05) is 0 Å². The Bertz CT molecular complexity index is 550. The Kier molecular flexibility index (Phi) is 6.35. The van der Waals surface area contributed by atoms with Gasteiger partial charge in [0.05, 0.1) is 13.2 Å². The van der Waals surface area contributed by atoms with Gasteiger partial charge in [0.2, 0.25) is 5.89 Å². The lowest BCUT2D eigenvalue weighted by Gasteiger charge is -2.42. The predicted molar refractivity (Wildman–Crippen MR) is 91.1 cm³/mol. The van der Waals surface area contributed by atoms with E-state index in [2.05, 4.69) is 30.2 Å². The molecule has 0 bridgehead atoms. The van der Waals surface area contributed by atoms with Crippen molar-refractivity contribution in [2.45, 2.75) is 25.4 Å². The van der Waals surface area contributed by atoms with E-state index in [9.17, 15) is 4.79 Å². The largest absolute Gasteiger partial charge is 0.395 e. The zero-order valence-electron chi connectivity index (χ0n) is 14.9. The van der Waals surface area contributed by atoms with Crippen molar-refractivity contribution < 1.29 is 14.4 Å². The number of nitrogens with zero attached hydrogens (tertiary/aromatic N) is 5. The molecule has 0 spiro atoms. The Morgan fingerprint density at radius 1 is 1.20 bits per heavy atom. The molecule has 2 fully saturated rings. The molecule has 1 aromatic heterocycles. The van der Waals surface area contributed by atoms with Crippen LogP contribution in [0.3, 0.4) is 0 Å². The maximum absolute atomic E-state index is 11.5. The van der Waals surface area contributed by atoms with Crippen molar-refractivity contribution in [2.75, 3.05) is 59.5 Å². The second kappa shape index (κ2) is 8.70. The van der Waals surface area contributed by atoms with E-state index >= 15 is 0 Å². The first-order valence-corrected chi connectivity index (χ1v) is 9.04. The van der Waals surface area contributed by atoms with Crippen LogP contribution in [-0.2, 0) is 6.54 Å². The Morgan fingerprint density at radius 3 is 2.56 bits per heavy atom. The highest BCUT2D eigenvalue weighted by Crippen LogP contribution is 2.19. The van der Waals surface area contributed by atoms with Crippen molar-refractivity contribution in [3.8, 4) is 0 Å². The molecule has 2 aliphatic heterocycles. The highest BCUT2D eigenvalue weighted by atomic mass is 16.5. The second-order valence-electron chi connectivity index (χ2n) is 6.70. The quantitative estimate of drug-likeness (QED) is 0.673. The van der Waals surface area contributed by atoms with E-state index < -0.39 is 0 Å². The van der Waals surface area contributed by atoms with Gasteiger partial charge in [0.1, 0.15) is 0 Å². The van der Waals surface area contributed by atoms with Crippen molar-refractivity contribution in [3.63, 3.8) is 0 Å². The summed E-state index contributed by atoms with van der Waals surface area (Å²) in [5, 5.41) is 15.2. The topological polar surface area (TPSA) is 98.0 Å². The minimum atomic E-state index is -0.325. The van der Waals surface area contributed by atoms with Crippen molar-refractivity contribution in [1.82, 2.24) is 30.2 Å². The number of aliphatic hydroxyl groups is 1. The molecule has 0 saturated carbocycles. The molecule has 9 nitrogen and oxygen atoms in total. The number of amides is 1. The highest BCUT2D eigenvalue weighted by molar-refractivity contribution is 5.89. The molecule has 140 valence electrons. The molecule has 1 aromatic rings. The second-order valence-corrected chi connectivity index (χ2v) is 6.70. The van der Waals surface area contributed by atoms with Crippen molar-refractivity contribution in [2.24, 2.45) is 0 Å². The Labute approximate surface area is 147 Å². The van der Waals surface area contributed by atoms with E-state index in [4.69, 9.17) is 9.63 Å².